The molecule has 4 rings (SSSR count). The second kappa shape index (κ2) is 6.09. The molecule has 6 heteroatoms. The Kier molecular flexibility index (Phi) is 3.95. The molecule has 1 fully saturated rings. The number of nitrogens with zero attached hydrogens (tertiary/aromatic N) is 2. The topological polar surface area (TPSA) is 61.0 Å². The first kappa shape index (κ1) is 14.9. The summed E-state index contributed by atoms with van der Waals surface area (Å²) in [4.78, 5) is 16.2. The minimum atomic E-state index is -0.0757. The van der Waals surface area contributed by atoms with Crippen LogP contribution in [0.25, 0.3) is 0 Å². The number of hydrogen-bond acceptors (Lipinski definition) is 4. The fourth-order valence-corrected chi connectivity index (χ4v) is 4.05. The molecule has 0 aromatic carbocycles. The number of fused-ring (bicyclic) bond motifs is 1. The third kappa shape index (κ3) is 3.19. The van der Waals surface area contributed by atoms with E-state index in [1.54, 1.807) is 0 Å². The Balaban J connectivity index is 1.30. The van der Waals surface area contributed by atoms with Crippen LogP contribution in [0.3, 0.4) is 0 Å². The Bertz CT molecular complexity index is 703. The van der Waals surface area contributed by atoms with E-state index in [2.05, 4.69) is 38.8 Å². The summed E-state index contributed by atoms with van der Waals surface area (Å²) < 4.78 is 0. The number of amides is 1. The largest absolute Gasteiger partial charge is 0.349 e. The zero-order chi connectivity index (χ0) is 15.8. The average molecular weight is 330 g/mol. The van der Waals surface area contributed by atoms with Gasteiger partial charge in [0.15, 0.2) is 0 Å². The van der Waals surface area contributed by atoms with Gasteiger partial charge in [0.1, 0.15) is 5.69 Å². The summed E-state index contributed by atoms with van der Waals surface area (Å²) in [7, 11) is 0. The Morgan fingerprint density at radius 3 is 3.26 bits per heavy atom. The second-order valence-corrected chi connectivity index (χ2v) is 7.63. The first-order valence-electron chi connectivity index (χ1n) is 8.33. The molecule has 0 radical (unpaired) electrons. The fraction of sp³-hybridized carbons (Fsp3) is 0.529. The maximum atomic E-state index is 12.2. The summed E-state index contributed by atoms with van der Waals surface area (Å²) in [5.74, 6) is 0.518. The third-order valence-electron chi connectivity index (χ3n) is 4.87. The summed E-state index contributed by atoms with van der Waals surface area (Å²) in [5, 5.41) is 12.3. The molecule has 2 aromatic heterocycles. The normalized spacial score (nSPS) is 19.3. The molecule has 1 amide bonds. The van der Waals surface area contributed by atoms with Gasteiger partial charge in [-0.05, 0) is 49.3 Å². The van der Waals surface area contributed by atoms with Crippen molar-refractivity contribution in [2.45, 2.75) is 44.7 Å². The zero-order valence-corrected chi connectivity index (χ0v) is 14.2. The lowest BCUT2D eigenvalue weighted by atomic mass is 10.1. The van der Waals surface area contributed by atoms with Crippen LogP contribution in [0.5, 0.6) is 0 Å². The van der Waals surface area contributed by atoms with Gasteiger partial charge in [0, 0.05) is 42.2 Å². The molecule has 1 saturated carbocycles. The SMILES string of the molecule is CC(CNC(=O)c1cc(C2CC2)[nH]n1)N1CCc2sccc2C1. The van der Waals surface area contributed by atoms with E-state index >= 15 is 0 Å². The number of thiophene rings is 1. The van der Waals surface area contributed by atoms with Crippen molar-refractivity contribution in [2.75, 3.05) is 13.1 Å². The molecule has 1 atom stereocenters. The van der Waals surface area contributed by atoms with Gasteiger partial charge in [-0.25, -0.2) is 0 Å². The zero-order valence-electron chi connectivity index (χ0n) is 13.3. The van der Waals surface area contributed by atoms with Crippen molar-refractivity contribution in [3.63, 3.8) is 0 Å². The lowest BCUT2D eigenvalue weighted by Gasteiger charge is -2.32. The van der Waals surface area contributed by atoms with E-state index in [-0.39, 0.29) is 5.91 Å². The number of aromatic nitrogens is 2. The lowest BCUT2D eigenvalue weighted by Crippen LogP contribution is -2.44. The standard InChI is InChI=1S/C17H22N4OS/c1-11(21-6-4-16-13(10-21)5-7-23-16)9-18-17(22)15-8-14(19-20-15)12-2-3-12/h5,7-8,11-12H,2-4,6,9-10H2,1H3,(H,18,22)(H,19,20). The van der Waals surface area contributed by atoms with Crippen LogP contribution >= 0.6 is 11.3 Å². The number of hydrogen-bond donors (Lipinski definition) is 2. The molecular formula is C17H22N4OS. The molecule has 1 aliphatic heterocycles. The maximum Gasteiger partial charge on any atom is 0.271 e. The van der Waals surface area contributed by atoms with Crippen molar-refractivity contribution < 1.29 is 4.79 Å². The van der Waals surface area contributed by atoms with Gasteiger partial charge in [-0.1, -0.05) is 0 Å². The van der Waals surface area contributed by atoms with Crippen molar-refractivity contribution >= 4 is 17.2 Å². The van der Waals surface area contributed by atoms with Crippen LogP contribution in [0.2, 0.25) is 0 Å². The number of H-pyrrole nitrogens is 1. The van der Waals surface area contributed by atoms with Crippen LogP contribution in [-0.2, 0) is 13.0 Å². The van der Waals surface area contributed by atoms with E-state index in [0.717, 1.165) is 25.2 Å². The predicted octanol–water partition coefficient (Wildman–Crippen LogP) is 2.53. The molecule has 2 N–H and O–H groups in total. The van der Waals surface area contributed by atoms with Gasteiger partial charge in [-0.2, -0.15) is 5.10 Å². The van der Waals surface area contributed by atoms with Gasteiger partial charge in [0.25, 0.3) is 5.91 Å². The van der Waals surface area contributed by atoms with E-state index in [1.165, 1.54) is 23.3 Å². The summed E-state index contributed by atoms with van der Waals surface area (Å²) >= 11 is 1.86. The lowest BCUT2D eigenvalue weighted by molar-refractivity contribution is 0.0927. The Hall–Kier alpha value is -1.66. The van der Waals surface area contributed by atoms with Crippen LogP contribution < -0.4 is 5.32 Å². The van der Waals surface area contributed by atoms with E-state index < -0.39 is 0 Å². The molecule has 122 valence electrons. The number of carbonyl (C=O) groups is 1. The monoisotopic (exact) mass is 330 g/mol. The summed E-state index contributed by atoms with van der Waals surface area (Å²) in [6.45, 7) is 4.89. The second-order valence-electron chi connectivity index (χ2n) is 6.63. The van der Waals surface area contributed by atoms with Gasteiger partial charge in [0.2, 0.25) is 0 Å². The molecule has 23 heavy (non-hydrogen) atoms. The minimum Gasteiger partial charge on any atom is -0.349 e. The molecule has 2 aliphatic rings. The van der Waals surface area contributed by atoms with Crippen LogP contribution in [-0.4, -0.2) is 40.1 Å². The fourth-order valence-electron chi connectivity index (χ4n) is 3.16. The summed E-state index contributed by atoms with van der Waals surface area (Å²) in [5.41, 5.74) is 3.06. The Morgan fingerprint density at radius 2 is 2.43 bits per heavy atom. The molecule has 2 aromatic rings. The third-order valence-corrected chi connectivity index (χ3v) is 5.89. The number of aromatic amines is 1. The quantitative estimate of drug-likeness (QED) is 0.885. The highest BCUT2D eigenvalue weighted by Crippen LogP contribution is 2.38. The Morgan fingerprint density at radius 1 is 1.57 bits per heavy atom. The smallest absolute Gasteiger partial charge is 0.271 e. The number of rotatable bonds is 5. The summed E-state index contributed by atoms with van der Waals surface area (Å²) in [6.07, 6.45) is 3.54. The van der Waals surface area contributed by atoms with Crippen molar-refractivity contribution in [1.29, 1.82) is 0 Å². The molecule has 3 heterocycles. The average Bonchev–Trinajstić information content (AvgIpc) is 3.12. The van der Waals surface area contributed by atoms with Crippen LogP contribution in [0, 0.1) is 0 Å². The van der Waals surface area contributed by atoms with Gasteiger partial charge in [0.05, 0.1) is 0 Å². The van der Waals surface area contributed by atoms with Gasteiger partial charge >= 0.3 is 0 Å². The predicted molar refractivity (Wildman–Crippen MR) is 90.8 cm³/mol. The molecule has 0 spiro atoms. The first-order valence-corrected chi connectivity index (χ1v) is 9.21. The van der Waals surface area contributed by atoms with Crippen LogP contribution in [0.1, 0.15) is 52.3 Å². The molecule has 0 bridgehead atoms. The van der Waals surface area contributed by atoms with Gasteiger partial charge in [-0.3, -0.25) is 14.8 Å². The van der Waals surface area contributed by atoms with Crippen molar-refractivity contribution in [1.82, 2.24) is 20.4 Å². The highest BCUT2D eigenvalue weighted by molar-refractivity contribution is 7.10. The van der Waals surface area contributed by atoms with Crippen LogP contribution in [0.4, 0.5) is 0 Å². The molecule has 5 nitrogen and oxygen atoms in total. The van der Waals surface area contributed by atoms with Crippen molar-refractivity contribution in [2.24, 2.45) is 0 Å². The Labute approximate surface area is 140 Å². The van der Waals surface area contributed by atoms with Gasteiger partial charge in [-0.15, -0.1) is 11.3 Å². The molecular weight excluding hydrogens is 308 g/mol. The van der Waals surface area contributed by atoms with Crippen molar-refractivity contribution in [3.8, 4) is 0 Å². The molecule has 0 saturated heterocycles. The number of nitrogens with one attached hydrogen (secondary N) is 2. The van der Waals surface area contributed by atoms with Crippen molar-refractivity contribution in [3.05, 3.63) is 39.3 Å². The molecule has 1 unspecified atom stereocenters. The summed E-state index contributed by atoms with van der Waals surface area (Å²) in [6, 6.07) is 4.45. The van der Waals surface area contributed by atoms with Crippen LogP contribution in [0.15, 0.2) is 17.5 Å². The highest BCUT2D eigenvalue weighted by atomic mass is 32.1. The first-order chi connectivity index (χ1) is 11.2. The van der Waals surface area contributed by atoms with E-state index in [4.69, 9.17) is 0 Å². The van der Waals surface area contributed by atoms with Gasteiger partial charge < -0.3 is 5.32 Å². The van der Waals surface area contributed by atoms with E-state index in [9.17, 15) is 4.79 Å². The number of carbonyl (C=O) groups excluding carboxylic acids is 1. The molecule has 1 aliphatic carbocycles. The van der Waals surface area contributed by atoms with E-state index in [0.29, 0.717) is 24.2 Å². The maximum absolute atomic E-state index is 12.2. The minimum absolute atomic E-state index is 0.0757. The van der Waals surface area contributed by atoms with E-state index in [1.807, 2.05) is 17.4 Å². The highest BCUT2D eigenvalue weighted by Gasteiger charge is 2.27.